The summed E-state index contributed by atoms with van der Waals surface area (Å²) in [4.78, 5) is 11.8. The van der Waals surface area contributed by atoms with E-state index >= 15 is 0 Å². The second-order valence-corrected chi connectivity index (χ2v) is 5.57. The summed E-state index contributed by atoms with van der Waals surface area (Å²) in [5.41, 5.74) is 2.67. The van der Waals surface area contributed by atoms with Crippen LogP contribution in [-0.2, 0) is 0 Å². The van der Waals surface area contributed by atoms with E-state index < -0.39 is 0 Å². The van der Waals surface area contributed by atoms with Crippen LogP contribution in [0, 0.1) is 5.82 Å². The number of fused-ring (bicyclic) bond motifs is 1. The van der Waals surface area contributed by atoms with Gasteiger partial charge in [-0.15, -0.1) is 0 Å². The molecule has 0 bridgehead atoms. The van der Waals surface area contributed by atoms with Crippen molar-refractivity contribution in [1.82, 2.24) is 15.5 Å². The molecule has 1 aromatic heterocycles. The van der Waals surface area contributed by atoms with E-state index in [1.807, 2.05) is 18.2 Å². The lowest BCUT2D eigenvalue weighted by molar-refractivity contribution is 0.252. The maximum absolute atomic E-state index is 13.0. The van der Waals surface area contributed by atoms with Crippen LogP contribution >= 0.6 is 0 Å². The minimum Gasteiger partial charge on any atom is -0.338 e. The Morgan fingerprint density at radius 1 is 1.17 bits per heavy atom. The fourth-order valence-electron chi connectivity index (χ4n) is 2.47. The molecule has 0 saturated carbocycles. The second kappa shape index (κ2) is 7.12. The SMILES string of the molecule is CCCCNC(=O)Nc1n[nH]c2cc(-c3ccc(F)cc3)ccc12. The van der Waals surface area contributed by atoms with Crippen molar-refractivity contribution in [2.75, 3.05) is 11.9 Å². The van der Waals surface area contributed by atoms with Crippen LogP contribution < -0.4 is 10.6 Å². The van der Waals surface area contributed by atoms with Gasteiger partial charge < -0.3 is 5.32 Å². The Morgan fingerprint density at radius 3 is 2.67 bits per heavy atom. The van der Waals surface area contributed by atoms with Gasteiger partial charge in [0.15, 0.2) is 5.82 Å². The summed E-state index contributed by atoms with van der Waals surface area (Å²) in [6.45, 7) is 2.71. The Balaban J connectivity index is 1.78. The number of hydrogen-bond acceptors (Lipinski definition) is 2. The van der Waals surface area contributed by atoms with Gasteiger partial charge in [0.25, 0.3) is 0 Å². The van der Waals surface area contributed by atoms with Crippen LogP contribution in [0.2, 0.25) is 0 Å². The van der Waals surface area contributed by atoms with Crippen molar-refractivity contribution in [3.05, 3.63) is 48.3 Å². The Bertz CT molecular complexity index is 842. The second-order valence-electron chi connectivity index (χ2n) is 5.57. The first-order valence-electron chi connectivity index (χ1n) is 7.96. The number of amides is 2. The van der Waals surface area contributed by atoms with Crippen molar-refractivity contribution in [2.45, 2.75) is 19.8 Å². The van der Waals surface area contributed by atoms with E-state index in [0.29, 0.717) is 12.4 Å². The van der Waals surface area contributed by atoms with Crippen LogP contribution in [0.1, 0.15) is 19.8 Å². The molecular formula is C18H19FN4O. The summed E-state index contributed by atoms with van der Waals surface area (Å²) in [6, 6.07) is 11.8. The minimum absolute atomic E-state index is 0.262. The normalized spacial score (nSPS) is 10.8. The number of nitrogens with zero attached hydrogens (tertiary/aromatic N) is 1. The lowest BCUT2D eigenvalue weighted by atomic mass is 10.0. The van der Waals surface area contributed by atoms with E-state index in [4.69, 9.17) is 0 Å². The quantitative estimate of drug-likeness (QED) is 0.612. The van der Waals surface area contributed by atoms with Gasteiger partial charge in [0.1, 0.15) is 5.82 Å². The Kier molecular flexibility index (Phi) is 4.74. The predicted molar refractivity (Wildman–Crippen MR) is 93.4 cm³/mol. The zero-order chi connectivity index (χ0) is 16.9. The molecule has 0 radical (unpaired) electrons. The van der Waals surface area contributed by atoms with E-state index in [2.05, 4.69) is 27.8 Å². The number of aromatic nitrogens is 2. The third kappa shape index (κ3) is 3.53. The maximum Gasteiger partial charge on any atom is 0.320 e. The van der Waals surface area contributed by atoms with Gasteiger partial charge in [-0.25, -0.2) is 9.18 Å². The first kappa shape index (κ1) is 16.0. The van der Waals surface area contributed by atoms with Crippen LogP contribution in [-0.4, -0.2) is 22.8 Å². The Labute approximate surface area is 139 Å². The third-order valence-electron chi connectivity index (χ3n) is 3.79. The number of urea groups is 1. The van der Waals surface area contributed by atoms with E-state index in [9.17, 15) is 9.18 Å². The number of anilines is 1. The highest BCUT2D eigenvalue weighted by atomic mass is 19.1. The Morgan fingerprint density at radius 2 is 1.92 bits per heavy atom. The van der Waals surface area contributed by atoms with Crippen LogP contribution in [0.5, 0.6) is 0 Å². The highest BCUT2D eigenvalue weighted by Crippen LogP contribution is 2.27. The number of carbonyl (C=O) groups is 1. The molecule has 0 unspecified atom stereocenters. The largest absolute Gasteiger partial charge is 0.338 e. The summed E-state index contributed by atoms with van der Waals surface area (Å²) >= 11 is 0. The molecule has 0 aliphatic heterocycles. The Hall–Kier alpha value is -2.89. The zero-order valence-electron chi connectivity index (χ0n) is 13.4. The predicted octanol–water partition coefficient (Wildman–Crippen LogP) is 4.29. The third-order valence-corrected chi connectivity index (χ3v) is 3.79. The molecule has 5 nitrogen and oxygen atoms in total. The molecule has 124 valence electrons. The summed E-state index contributed by atoms with van der Waals surface area (Å²) in [6.07, 6.45) is 1.97. The standard InChI is InChI=1S/C18H19FN4O/c1-2-3-10-20-18(24)21-17-15-9-6-13(11-16(15)22-23-17)12-4-7-14(19)8-5-12/h4-9,11H,2-3,10H2,1H3,(H3,20,21,22,23,24). The van der Waals surface area contributed by atoms with Crippen LogP contribution in [0.15, 0.2) is 42.5 Å². The molecule has 0 fully saturated rings. The van der Waals surface area contributed by atoms with Gasteiger partial charge >= 0.3 is 6.03 Å². The van der Waals surface area contributed by atoms with Gasteiger partial charge in [-0.2, -0.15) is 5.10 Å². The van der Waals surface area contributed by atoms with E-state index in [-0.39, 0.29) is 11.8 Å². The molecule has 24 heavy (non-hydrogen) atoms. The number of aromatic amines is 1. The molecule has 0 atom stereocenters. The number of carbonyl (C=O) groups excluding carboxylic acids is 1. The monoisotopic (exact) mass is 326 g/mol. The molecule has 6 heteroatoms. The number of rotatable bonds is 5. The van der Waals surface area contributed by atoms with Crippen LogP contribution in [0.25, 0.3) is 22.0 Å². The van der Waals surface area contributed by atoms with E-state index in [1.54, 1.807) is 12.1 Å². The first-order chi connectivity index (χ1) is 11.7. The van der Waals surface area contributed by atoms with Gasteiger partial charge in [-0.1, -0.05) is 31.5 Å². The smallest absolute Gasteiger partial charge is 0.320 e. The molecule has 3 aromatic rings. The van der Waals surface area contributed by atoms with E-state index in [1.165, 1.54) is 12.1 Å². The van der Waals surface area contributed by atoms with E-state index in [0.717, 1.165) is 34.9 Å². The number of benzene rings is 2. The van der Waals surface area contributed by atoms with Gasteiger partial charge in [0.05, 0.1) is 5.52 Å². The molecule has 0 spiro atoms. The van der Waals surface area contributed by atoms with Crippen molar-refractivity contribution < 1.29 is 9.18 Å². The molecule has 3 N–H and O–H groups in total. The molecule has 0 saturated heterocycles. The first-order valence-corrected chi connectivity index (χ1v) is 7.96. The van der Waals surface area contributed by atoms with Crippen molar-refractivity contribution in [3.63, 3.8) is 0 Å². The van der Waals surface area contributed by atoms with Gasteiger partial charge in [0, 0.05) is 11.9 Å². The molecule has 2 aromatic carbocycles. The van der Waals surface area contributed by atoms with Gasteiger partial charge in [-0.05, 0) is 41.8 Å². The summed E-state index contributed by atoms with van der Waals surface area (Å²) in [5.74, 6) is 0.228. The summed E-state index contributed by atoms with van der Waals surface area (Å²) in [5, 5.41) is 13.4. The summed E-state index contributed by atoms with van der Waals surface area (Å²) < 4.78 is 13.0. The lowest BCUT2D eigenvalue weighted by Crippen LogP contribution is -2.29. The average Bonchev–Trinajstić information content (AvgIpc) is 2.98. The van der Waals surface area contributed by atoms with Gasteiger partial charge in [-0.3, -0.25) is 10.4 Å². The minimum atomic E-state index is -0.264. The van der Waals surface area contributed by atoms with Gasteiger partial charge in [0.2, 0.25) is 0 Å². The number of halogens is 1. The lowest BCUT2D eigenvalue weighted by Gasteiger charge is -2.05. The van der Waals surface area contributed by atoms with Crippen LogP contribution in [0.3, 0.4) is 0 Å². The average molecular weight is 326 g/mol. The molecule has 0 aliphatic carbocycles. The fourth-order valence-corrected chi connectivity index (χ4v) is 2.47. The molecule has 1 heterocycles. The molecular weight excluding hydrogens is 307 g/mol. The molecule has 3 rings (SSSR count). The number of H-pyrrole nitrogens is 1. The number of unbranched alkanes of at least 4 members (excludes halogenated alkanes) is 1. The van der Waals surface area contributed by atoms with Crippen molar-refractivity contribution in [2.24, 2.45) is 0 Å². The number of hydrogen-bond donors (Lipinski definition) is 3. The molecule has 0 aliphatic rings. The highest BCUT2D eigenvalue weighted by Gasteiger charge is 2.10. The van der Waals surface area contributed by atoms with Crippen molar-refractivity contribution >= 4 is 22.8 Å². The molecule has 2 amide bonds. The van der Waals surface area contributed by atoms with Crippen molar-refractivity contribution in [3.8, 4) is 11.1 Å². The zero-order valence-corrected chi connectivity index (χ0v) is 13.4. The van der Waals surface area contributed by atoms with Crippen LogP contribution in [0.4, 0.5) is 15.0 Å². The number of nitrogens with one attached hydrogen (secondary N) is 3. The highest BCUT2D eigenvalue weighted by molar-refractivity contribution is 6.00. The topological polar surface area (TPSA) is 69.8 Å². The summed E-state index contributed by atoms with van der Waals surface area (Å²) in [7, 11) is 0. The maximum atomic E-state index is 13.0. The fraction of sp³-hybridized carbons (Fsp3) is 0.222. The van der Waals surface area contributed by atoms with Crippen molar-refractivity contribution in [1.29, 1.82) is 0 Å².